The Hall–Kier alpha value is -0.710. The highest BCUT2D eigenvalue weighted by atomic mass is 35.5. The lowest BCUT2D eigenvalue weighted by atomic mass is 10.2. The fraction of sp³-hybridized carbons (Fsp3) is 0.444. The predicted molar refractivity (Wildman–Crippen MR) is 59.4 cm³/mol. The highest BCUT2D eigenvalue weighted by Crippen LogP contribution is 2.19. The number of aldehydes is 1. The van der Waals surface area contributed by atoms with Crippen molar-refractivity contribution in [1.29, 1.82) is 0 Å². The molecule has 1 heterocycles. The molecule has 0 aliphatic carbocycles. The summed E-state index contributed by atoms with van der Waals surface area (Å²) in [4.78, 5) is 20.4. The molecule has 4 nitrogen and oxygen atoms in total. The van der Waals surface area contributed by atoms with E-state index in [9.17, 15) is 4.79 Å². The van der Waals surface area contributed by atoms with Crippen LogP contribution in [0, 0.1) is 0 Å². The van der Waals surface area contributed by atoms with Gasteiger partial charge in [0.15, 0.2) is 6.29 Å². The van der Waals surface area contributed by atoms with Crippen LogP contribution in [0.3, 0.4) is 0 Å². The molecule has 0 amide bonds. The van der Waals surface area contributed by atoms with Crippen molar-refractivity contribution in [2.24, 2.45) is 0 Å². The average Bonchev–Trinajstić information content (AvgIpc) is 2.21. The minimum Gasteiger partial charge on any atom is -0.302 e. The van der Waals surface area contributed by atoms with Crippen LogP contribution in [0.5, 0.6) is 0 Å². The summed E-state index contributed by atoms with van der Waals surface area (Å²) < 4.78 is 0. The van der Waals surface area contributed by atoms with Crippen LogP contribution in [0.25, 0.3) is 0 Å². The van der Waals surface area contributed by atoms with Gasteiger partial charge < -0.3 is 4.90 Å². The van der Waals surface area contributed by atoms with E-state index in [2.05, 4.69) is 9.97 Å². The molecule has 0 saturated carbocycles. The van der Waals surface area contributed by atoms with Crippen molar-refractivity contribution in [2.45, 2.75) is 13.5 Å². The minimum absolute atomic E-state index is 0.00926. The summed E-state index contributed by atoms with van der Waals surface area (Å²) in [7, 11) is 1.92. The summed E-state index contributed by atoms with van der Waals surface area (Å²) in [6.07, 6.45) is 0.637. The van der Waals surface area contributed by atoms with Gasteiger partial charge in [0.25, 0.3) is 0 Å². The lowest BCUT2D eigenvalue weighted by Crippen LogP contribution is -2.19. The number of aromatic nitrogens is 2. The second-order valence-electron chi connectivity index (χ2n) is 3.10. The van der Waals surface area contributed by atoms with Gasteiger partial charge in [0.1, 0.15) is 10.8 Å². The molecule has 6 heteroatoms. The molecule has 0 unspecified atom stereocenters. The third kappa shape index (κ3) is 3.12. The molecule has 0 bridgehead atoms. The quantitative estimate of drug-likeness (QED) is 0.464. The van der Waals surface area contributed by atoms with Crippen LogP contribution in [0.1, 0.15) is 23.0 Å². The molecule has 0 fully saturated rings. The topological polar surface area (TPSA) is 46.1 Å². The van der Waals surface area contributed by atoms with Crippen molar-refractivity contribution in [1.82, 2.24) is 14.9 Å². The highest BCUT2D eigenvalue weighted by molar-refractivity contribution is 6.32. The Labute approximate surface area is 98.2 Å². The summed E-state index contributed by atoms with van der Waals surface area (Å²) in [5.74, 6) is 0. The van der Waals surface area contributed by atoms with Crippen molar-refractivity contribution in [3.05, 3.63) is 21.7 Å². The standard InChI is InChI=1S/C9H11Cl2N3O/c1-3-14(2)4-6-7(5-15)12-9(11)13-8(6)10/h5H,3-4H2,1-2H3. The van der Waals surface area contributed by atoms with Crippen LogP contribution in [0.2, 0.25) is 10.4 Å². The molecule has 1 rings (SSSR count). The fourth-order valence-electron chi connectivity index (χ4n) is 1.07. The van der Waals surface area contributed by atoms with E-state index in [1.807, 2.05) is 18.9 Å². The van der Waals surface area contributed by atoms with E-state index in [1.54, 1.807) is 0 Å². The van der Waals surface area contributed by atoms with E-state index in [-0.39, 0.29) is 16.1 Å². The summed E-state index contributed by atoms with van der Waals surface area (Å²) in [5.41, 5.74) is 0.862. The largest absolute Gasteiger partial charge is 0.302 e. The number of carbonyl (C=O) groups is 1. The van der Waals surface area contributed by atoms with Crippen LogP contribution in [-0.2, 0) is 6.54 Å². The maximum Gasteiger partial charge on any atom is 0.224 e. The highest BCUT2D eigenvalue weighted by Gasteiger charge is 2.13. The summed E-state index contributed by atoms with van der Waals surface area (Å²) >= 11 is 11.5. The van der Waals surface area contributed by atoms with Crippen LogP contribution in [0.15, 0.2) is 0 Å². The first kappa shape index (κ1) is 12.4. The zero-order valence-electron chi connectivity index (χ0n) is 8.50. The molecule has 1 aromatic heterocycles. The first-order chi connectivity index (χ1) is 7.08. The third-order valence-electron chi connectivity index (χ3n) is 2.04. The molecule has 0 aromatic carbocycles. The summed E-state index contributed by atoms with van der Waals surface area (Å²) in [5, 5.41) is 0.224. The van der Waals surface area contributed by atoms with Crippen molar-refractivity contribution < 1.29 is 4.79 Å². The Bertz CT molecular complexity index is 371. The van der Waals surface area contributed by atoms with Gasteiger partial charge in [-0.15, -0.1) is 0 Å². The van der Waals surface area contributed by atoms with Gasteiger partial charge in [-0.3, -0.25) is 4.79 Å². The Morgan fingerprint density at radius 1 is 1.40 bits per heavy atom. The minimum atomic E-state index is -0.00926. The van der Waals surface area contributed by atoms with Crippen LogP contribution in [0.4, 0.5) is 0 Å². The molecule has 0 spiro atoms. The molecule has 0 N–H and O–H groups in total. The van der Waals surface area contributed by atoms with E-state index >= 15 is 0 Å². The van der Waals surface area contributed by atoms with Gasteiger partial charge in [0, 0.05) is 12.1 Å². The second-order valence-corrected chi connectivity index (χ2v) is 3.79. The number of nitrogens with zero attached hydrogens (tertiary/aromatic N) is 3. The first-order valence-corrected chi connectivity index (χ1v) is 5.19. The van der Waals surface area contributed by atoms with Gasteiger partial charge >= 0.3 is 0 Å². The number of hydrogen-bond donors (Lipinski definition) is 0. The number of halogens is 2. The van der Waals surface area contributed by atoms with Crippen molar-refractivity contribution in [2.75, 3.05) is 13.6 Å². The van der Waals surface area contributed by atoms with E-state index in [0.717, 1.165) is 6.54 Å². The number of carbonyl (C=O) groups excluding carboxylic acids is 1. The summed E-state index contributed by atoms with van der Waals surface area (Å²) in [6.45, 7) is 3.38. The first-order valence-electron chi connectivity index (χ1n) is 4.44. The molecule has 0 saturated heterocycles. The molecule has 15 heavy (non-hydrogen) atoms. The maximum absolute atomic E-state index is 10.8. The molecule has 82 valence electrons. The average molecular weight is 248 g/mol. The molecule has 0 radical (unpaired) electrons. The molecule has 0 aliphatic heterocycles. The van der Waals surface area contributed by atoms with Crippen molar-refractivity contribution in [3.8, 4) is 0 Å². The number of hydrogen-bond acceptors (Lipinski definition) is 4. The van der Waals surface area contributed by atoms with Crippen molar-refractivity contribution >= 4 is 29.5 Å². The van der Waals surface area contributed by atoms with E-state index in [4.69, 9.17) is 23.2 Å². The Balaban J connectivity index is 3.09. The maximum atomic E-state index is 10.8. The third-order valence-corrected chi connectivity index (χ3v) is 2.52. The van der Waals surface area contributed by atoms with Gasteiger partial charge in [-0.1, -0.05) is 18.5 Å². The Kier molecular flexibility index (Phi) is 4.45. The van der Waals surface area contributed by atoms with E-state index < -0.39 is 0 Å². The molecular formula is C9H11Cl2N3O. The van der Waals surface area contributed by atoms with Gasteiger partial charge in [0.2, 0.25) is 5.28 Å². The Morgan fingerprint density at radius 2 is 2.07 bits per heavy atom. The molecule has 0 aliphatic rings. The lowest BCUT2D eigenvalue weighted by Gasteiger charge is -2.15. The monoisotopic (exact) mass is 247 g/mol. The van der Waals surface area contributed by atoms with E-state index in [0.29, 0.717) is 18.4 Å². The van der Waals surface area contributed by atoms with Gasteiger partial charge in [0.05, 0.1) is 0 Å². The molecule has 1 aromatic rings. The zero-order valence-corrected chi connectivity index (χ0v) is 10.0. The Morgan fingerprint density at radius 3 is 2.60 bits per heavy atom. The normalized spacial score (nSPS) is 10.7. The molecule has 0 atom stereocenters. The van der Waals surface area contributed by atoms with Crippen LogP contribution in [-0.4, -0.2) is 34.7 Å². The van der Waals surface area contributed by atoms with Crippen molar-refractivity contribution in [3.63, 3.8) is 0 Å². The summed E-state index contributed by atoms with van der Waals surface area (Å²) in [6, 6.07) is 0. The van der Waals surface area contributed by atoms with Gasteiger partial charge in [-0.25, -0.2) is 9.97 Å². The second kappa shape index (κ2) is 5.39. The predicted octanol–water partition coefficient (Wildman–Crippen LogP) is 2.05. The smallest absolute Gasteiger partial charge is 0.224 e. The SMILES string of the molecule is CCN(C)Cc1c(Cl)nc(Cl)nc1C=O. The molecular weight excluding hydrogens is 237 g/mol. The lowest BCUT2D eigenvalue weighted by molar-refractivity contribution is 0.111. The van der Waals surface area contributed by atoms with E-state index in [1.165, 1.54) is 0 Å². The zero-order chi connectivity index (χ0) is 11.4. The van der Waals surface area contributed by atoms with Crippen LogP contribution < -0.4 is 0 Å². The van der Waals surface area contributed by atoms with Gasteiger partial charge in [-0.2, -0.15) is 0 Å². The van der Waals surface area contributed by atoms with Crippen LogP contribution >= 0.6 is 23.2 Å². The fourth-order valence-corrected chi connectivity index (χ4v) is 1.53. The number of rotatable bonds is 4. The van der Waals surface area contributed by atoms with Gasteiger partial charge in [-0.05, 0) is 25.2 Å².